The lowest BCUT2D eigenvalue weighted by Crippen LogP contribution is -2.30. The van der Waals surface area contributed by atoms with Crippen molar-refractivity contribution in [1.29, 1.82) is 0 Å². The van der Waals surface area contributed by atoms with Crippen molar-refractivity contribution in [2.24, 2.45) is 0 Å². The summed E-state index contributed by atoms with van der Waals surface area (Å²) in [7, 11) is 0. The minimum Gasteiger partial charge on any atom is -0.324 e. The van der Waals surface area contributed by atoms with Gasteiger partial charge in [-0.3, -0.25) is 14.2 Å². The second kappa shape index (κ2) is 6.76. The van der Waals surface area contributed by atoms with Gasteiger partial charge in [-0.05, 0) is 25.5 Å². The normalized spacial score (nSPS) is 16.0. The smallest absolute Gasteiger partial charge is 0.257 e. The number of rotatable bonds is 4. The molecule has 1 aromatic heterocycles. The van der Waals surface area contributed by atoms with Crippen molar-refractivity contribution in [3.8, 4) is 0 Å². The Morgan fingerprint density at radius 3 is 2.92 bits per heavy atom. The molecule has 126 valence electrons. The Kier molecular flexibility index (Phi) is 4.71. The van der Waals surface area contributed by atoms with Crippen LogP contribution in [0.3, 0.4) is 0 Å². The van der Waals surface area contributed by atoms with Crippen LogP contribution in [0.1, 0.15) is 30.6 Å². The topological polar surface area (TPSA) is 64.0 Å². The predicted molar refractivity (Wildman–Crippen MR) is 92.0 cm³/mol. The van der Waals surface area contributed by atoms with Gasteiger partial charge in [-0.15, -0.1) is 0 Å². The Morgan fingerprint density at radius 2 is 2.21 bits per heavy atom. The van der Waals surface area contributed by atoms with Crippen molar-refractivity contribution in [2.45, 2.75) is 37.9 Å². The van der Waals surface area contributed by atoms with E-state index in [9.17, 15) is 14.0 Å². The molecule has 1 atom stereocenters. The number of nitrogens with one attached hydrogen (secondary N) is 1. The summed E-state index contributed by atoms with van der Waals surface area (Å²) in [6, 6.07) is 5.76. The van der Waals surface area contributed by atoms with Gasteiger partial charge in [0.2, 0.25) is 5.91 Å². The average molecular weight is 347 g/mol. The Balaban J connectivity index is 1.81. The van der Waals surface area contributed by atoms with E-state index < -0.39 is 5.82 Å². The number of anilines is 1. The fraction of sp³-hybridized carbons (Fsp3) is 0.353. The molecule has 1 N–H and O–H groups in total. The molecule has 5 nitrogen and oxygen atoms in total. The van der Waals surface area contributed by atoms with Crippen LogP contribution in [0.4, 0.5) is 10.1 Å². The first kappa shape index (κ1) is 16.7. The summed E-state index contributed by atoms with van der Waals surface area (Å²) in [5.74, 6) is -0.182. The van der Waals surface area contributed by atoms with Gasteiger partial charge in [0.15, 0.2) is 5.16 Å². The molecule has 7 heteroatoms. The van der Waals surface area contributed by atoms with Gasteiger partial charge in [-0.25, -0.2) is 9.37 Å². The monoisotopic (exact) mass is 347 g/mol. The van der Waals surface area contributed by atoms with Crippen molar-refractivity contribution in [3.05, 3.63) is 51.7 Å². The van der Waals surface area contributed by atoms with E-state index in [4.69, 9.17) is 0 Å². The number of halogens is 1. The maximum absolute atomic E-state index is 13.6. The first-order valence-corrected chi connectivity index (χ1v) is 8.79. The van der Waals surface area contributed by atoms with E-state index in [1.54, 1.807) is 16.7 Å². The van der Waals surface area contributed by atoms with E-state index in [2.05, 4.69) is 10.3 Å². The lowest BCUT2D eigenvalue weighted by Gasteiger charge is -2.15. The molecule has 0 saturated heterocycles. The van der Waals surface area contributed by atoms with Crippen LogP contribution in [0, 0.1) is 12.7 Å². The average Bonchev–Trinajstić information content (AvgIpc) is 2.92. The van der Waals surface area contributed by atoms with Gasteiger partial charge in [0.25, 0.3) is 5.56 Å². The van der Waals surface area contributed by atoms with Crippen molar-refractivity contribution in [3.63, 3.8) is 0 Å². The molecule has 0 spiro atoms. The fourth-order valence-electron chi connectivity index (χ4n) is 2.86. The molecule has 0 radical (unpaired) electrons. The van der Waals surface area contributed by atoms with E-state index >= 15 is 0 Å². The van der Waals surface area contributed by atoms with Gasteiger partial charge in [0.05, 0.1) is 11.7 Å². The van der Waals surface area contributed by atoms with E-state index in [1.165, 1.54) is 23.9 Å². The van der Waals surface area contributed by atoms with E-state index in [-0.39, 0.29) is 29.6 Å². The lowest BCUT2D eigenvalue weighted by molar-refractivity contribution is -0.116. The number of aromatic nitrogens is 2. The zero-order valence-corrected chi connectivity index (χ0v) is 14.3. The van der Waals surface area contributed by atoms with Crippen LogP contribution in [-0.2, 0) is 11.2 Å². The second-order valence-electron chi connectivity index (χ2n) is 5.68. The zero-order chi connectivity index (χ0) is 17.3. The fourth-order valence-corrected chi connectivity index (χ4v) is 4.04. The van der Waals surface area contributed by atoms with Crippen LogP contribution >= 0.6 is 11.8 Å². The maximum atomic E-state index is 13.6. The number of carbonyl (C=O) groups excluding carboxylic acids is 1. The molecule has 0 fully saturated rings. The summed E-state index contributed by atoms with van der Waals surface area (Å²) in [6.45, 7) is 3.75. The molecule has 2 heterocycles. The first-order chi connectivity index (χ1) is 11.5. The molecule has 24 heavy (non-hydrogen) atoms. The number of aryl methyl sites for hydroxylation is 1. The third-order valence-corrected chi connectivity index (χ3v) is 5.17. The first-order valence-electron chi connectivity index (χ1n) is 7.80. The summed E-state index contributed by atoms with van der Waals surface area (Å²) in [4.78, 5) is 29.4. The molecule has 1 unspecified atom stereocenters. The number of amides is 1. The van der Waals surface area contributed by atoms with Gasteiger partial charge < -0.3 is 5.32 Å². The molecule has 0 saturated carbocycles. The lowest BCUT2D eigenvalue weighted by atomic mass is 10.1. The number of thioether (sulfide) groups is 1. The maximum Gasteiger partial charge on any atom is 0.257 e. The van der Waals surface area contributed by atoms with E-state index in [1.807, 2.05) is 13.8 Å². The van der Waals surface area contributed by atoms with Gasteiger partial charge in [-0.2, -0.15) is 0 Å². The Hall–Kier alpha value is -2.15. The molecule has 0 bridgehead atoms. The number of para-hydroxylation sites is 1. The summed E-state index contributed by atoms with van der Waals surface area (Å²) in [6.07, 6.45) is 0.721. The third kappa shape index (κ3) is 3.08. The molecule has 1 aliphatic heterocycles. The largest absolute Gasteiger partial charge is 0.324 e. The highest BCUT2D eigenvalue weighted by atomic mass is 32.2. The SMILES string of the molecule is CCc1c(C)nc2n(c1=O)C(CC(=O)Nc1ccccc1F)CS2. The zero-order valence-electron chi connectivity index (χ0n) is 13.5. The molecule has 3 rings (SSSR count). The van der Waals surface area contributed by atoms with Crippen molar-refractivity contribution in [1.82, 2.24) is 9.55 Å². The van der Waals surface area contributed by atoms with Gasteiger partial charge >= 0.3 is 0 Å². The minimum atomic E-state index is -0.477. The van der Waals surface area contributed by atoms with Crippen LogP contribution in [0.5, 0.6) is 0 Å². The number of benzene rings is 1. The Bertz CT molecular complexity index is 850. The number of hydrogen-bond acceptors (Lipinski definition) is 4. The molecular weight excluding hydrogens is 329 g/mol. The van der Waals surface area contributed by atoms with Gasteiger partial charge in [0.1, 0.15) is 5.82 Å². The number of fused-ring (bicyclic) bond motifs is 1. The summed E-state index contributed by atoms with van der Waals surface area (Å²) in [5, 5.41) is 3.22. The minimum absolute atomic E-state index is 0.0753. The quantitative estimate of drug-likeness (QED) is 0.864. The van der Waals surface area contributed by atoms with Crippen LogP contribution in [0.2, 0.25) is 0 Å². The molecule has 1 amide bonds. The summed E-state index contributed by atoms with van der Waals surface area (Å²) in [5.41, 5.74) is 1.50. The third-order valence-electron chi connectivity index (χ3n) is 4.08. The number of hydrogen-bond donors (Lipinski definition) is 1. The predicted octanol–water partition coefficient (Wildman–Crippen LogP) is 2.93. The number of nitrogens with zero attached hydrogens (tertiary/aromatic N) is 2. The Morgan fingerprint density at radius 1 is 1.46 bits per heavy atom. The highest BCUT2D eigenvalue weighted by molar-refractivity contribution is 7.99. The Labute approximate surface area is 143 Å². The molecular formula is C17H18FN3O2S. The molecule has 1 aliphatic rings. The highest BCUT2D eigenvalue weighted by Crippen LogP contribution is 2.32. The summed E-state index contributed by atoms with van der Waals surface area (Å²) >= 11 is 1.47. The second-order valence-corrected chi connectivity index (χ2v) is 6.67. The molecule has 2 aromatic rings. The number of carbonyl (C=O) groups is 1. The molecule has 1 aromatic carbocycles. The van der Waals surface area contributed by atoms with Crippen molar-refractivity contribution < 1.29 is 9.18 Å². The van der Waals surface area contributed by atoms with Crippen molar-refractivity contribution >= 4 is 23.4 Å². The van der Waals surface area contributed by atoms with E-state index in [0.29, 0.717) is 22.9 Å². The van der Waals surface area contributed by atoms with Crippen molar-refractivity contribution in [2.75, 3.05) is 11.1 Å². The molecule has 0 aliphatic carbocycles. The van der Waals surface area contributed by atoms with Crippen LogP contribution < -0.4 is 10.9 Å². The van der Waals surface area contributed by atoms with Crippen LogP contribution in [-0.4, -0.2) is 21.2 Å². The van der Waals surface area contributed by atoms with Gasteiger partial charge in [-0.1, -0.05) is 30.8 Å². The highest BCUT2D eigenvalue weighted by Gasteiger charge is 2.29. The summed E-state index contributed by atoms with van der Waals surface area (Å²) < 4.78 is 15.2. The standard InChI is InChI=1S/C17H18FN3O2S/c1-3-12-10(2)19-17-21(16(12)23)11(9-24-17)8-15(22)20-14-7-5-4-6-13(14)18/h4-7,11H,3,8-9H2,1-2H3,(H,20,22). The van der Waals surface area contributed by atoms with Gasteiger partial charge in [0, 0.05) is 23.4 Å². The van der Waals surface area contributed by atoms with Crippen LogP contribution in [0.25, 0.3) is 0 Å². The van der Waals surface area contributed by atoms with E-state index in [0.717, 1.165) is 5.69 Å². The van der Waals surface area contributed by atoms with Crippen LogP contribution in [0.15, 0.2) is 34.2 Å².